The van der Waals surface area contributed by atoms with Crippen LogP contribution in [0.3, 0.4) is 0 Å². The van der Waals surface area contributed by atoms with Crippen LogP contribution in [0.2, 0.25) is 0 Å². The van der Waals surface area contributed by atoms with Crippen LogP contribution in [-0.2, 0) is 0 Å². The lowest BCUT2D eigenvalue weighted by atomic mass is 10.2. The molecule has 3 aromatic rings. The van der Waals surface area contributed by atoms with Gasteiger partial charge in [0.25, 0.3) is 11.6 Å². The maximum absolute atomic E-state index is 11.0. The van der Waals surface area contributed by atoms with Crippen LogP contribution in [0.4, 0.5) is 11.5 Å². The van der Waals surface area contributed by atoms with Gasteiger partial charge in [0.2, 0.25) is 5.82 Å². The van der Waals surface area contributed by atoms with Crippen LogP contribution in [0, 0.1) is 10.1 Å². The number of nitrogens with two attached hydrogens (primary N) is 1. The summed E-state index contributed by atoms with van der Waals surface area (Å²) >= 11 is 0. The van der Waals surface area contributed by atoms with E-state index < -0.39 is 4.92 Å². The number of nitrogens with zero attached hydrogens (tertiary/aromatic N) is 4. The topological polar surface area (TPSA) is 137 Å². The molecule has 1 aromatic carbocycles. The second-order valence-corrected chi connectivity index (χ2v) is 3.89. The molecule has 9 nitrogen and oxygen atoms in total. The Labute approximate surface area is 111 Å². The summed E-state index contributed by atoms with van der Waals surface area (Å²) in [6.07, 6.45) is 1.44. The summed E-state index contributed by atoms with van der Waals surface area (Å²) < 4.78 is 5.06. The predicted molar refractivity (Wildman–Crippen MR) is 68.4 cm³/mol. The molecule has 0 unspecified atom stereocenters. The summed E-state index contributed by atoms with van der Waals surface area (Å²) in [6, 6.07) is 6.14. The molecule has 0 saturated carbocycles. The second kappa shape index (κ2) is 4.46. The minimum absolute atomic E-state index is 0.0972. The number of aromatic nitrogens is 4. The number of hydrogen-bond acceptors (Lipinski definition) is 7. The van der Waals surface area contributed by atoms with Crippen molar-refractivity contribution in [1.29, 1.82) is 0 Å². The first-order valence-electron chi connectivity index (χ1n) is 5.53. The Balaban J connectivity index is 2.07. The van der Waals surface area contributed by atoms with Crippen molar-refractivity contribution >= 4 is 11.5 Å². The Morgan fingerprint density at radius 3 is 2.80 bits per heavy atom. The average Bonchev–Trinajstić information content (AvgIpc) is 3.07. The third-order valence-corrected chi connectivity index (χ3v) is 2.67. The van der Waals surface area contributed by atoms with Crippen molar-refractivity contribution in [2.24, 2.45) is 0 Å². The van der Waals surface area contributed by atoms with Crippen LogP contribution < -0.4 is 5.73 Å². The summed E-state index contributed by atoms with van der Waals surface area (Å²) in [5.74, 6) is 0.542. The molecular weight excluding hydrogens is 264 g/mol. The molecule has 0 radical (unpaired) electrons. The number of rotatable bonds is 3. The molecule has 20 heavy (non-hydrogen) atoms. The van der Waals surface area contributed by atoms with Crippen LogP contribution in [0.25, 0.3) is 22.8 Å². The highest BCUT2D eigenvalue weighted by Crippen LogP contribution is 2.30. The fraction of sp³-hybridized carbons (Fsp3) is 0. The molecule has 0 bridgehead atoms. The lowest BCUT2D eigenvalue weighted by Gasteiger charge is -1.96. The van der Waals surface area contributed by atoms with Crippen molar-refractivity contribution in [3.63, 3.8) is 0 Å². The largest absolute Gasteiger partial charge is 0.383 e. The number of H-pyrrole nitrogens is 1. The Kier molecular flexibility index (Phi) is 2.64. The van der Waals surface area contributed by atoms with Crippen LogP contribution in [0.15, 0.2) is 35.0 Å². The highest BCUT2D eigenvalue weighted by molar-refractivity contribution is 5.71. The fourth-order valence-electron chi connectivity index (χ4n) is 1.73. The van der Waals surface area contributed by atoms with E-state index in [9.17, 15) is 10.1 Å². The Bertz CT molecular complexity index is 778. The first-order valence-corrected chi connectivity index (χ1v) is 5.53. The lowest BCUT2D eigenvalue weighted by molar-refractivity contribution is -0.384. The van der Waals surface area contributed by atoms with E-state index in [1.54, 1.807) is 18.2 Å². The summed E-state index contributed by atoms with van der Waals surface area (Å²) in [4.78, 5) is 14.6. The Morgan fingerprint density at radius 2 is 2.10 bits per heavy atom. The number of nitro benzene ring substituents is 1. The molecule has 0 spiro atoms. The molecule has 9 heteroatoms. The number of nitrogens with one attached hydrogen (secondary N) is 1. The quantitative estimate of drug-likeness (QED) is 0.545. The van der Waals surface area contributed by atoms with Gasteiger partial charge in [-0.2, -0.15) is 10.1 Å². The number of aromatic amines is 1. The van der Waals surface area contributed by atoms with Crippen LogP contribution in [-0.4, -0.2) is 25.3 Å². The minimum atomic E-state index is -0.502. The van der Waals surface area contributed by atoms with Gasteiger partial charge in [0.15, 0.2) is 0 Å². The second-order valence-electron chi connectivity index (χ2n) is 3.89. The van der Waals surface area contributed by atoms with E-state index in [1.165, 1.54) is 12.3 Å². The number of nitro groups is 1. The number of anilines is 1. The molecule has 0 fully saturated rings. The van der Waals surface area contributed by atoms with Crippen molar-refractivity contribution in [3.8, 4) is 22.8 Å². The van der Waals surface area contributed by atoms with Gasteiger partial charge in [0.1, 0.15) is 16.9 Å². The van der Waals surface area contributed by atoms with Gasteiger partial charge in [-0.05, 0) is 6.07 Å². The zero-order valence-corrected chi connectivity index (χ0v) is 9.98. The minimum Gasteiger partial charge on any atom is -0.383 e. The van der Waals surface area contributed by atoms with Gasteiger partial charge >= 0.3 is 0 Å². The molecule has 0 aliphatic carbocycles. The molecule has 0 amide bonds. The third kappa shape index (κ3) is 1.86. The van der Waals surface area contributed by atoms with Crippen molar-refractivity contribution in [2.75, 3.05) is 5.73 Å². The van der Waals surface area contributed by atoms with E-state index in [2.05, 4.69) is 20.3 Å². The van der Waals surface area contributed by atoms with E-state index in [4.69, 9.17) is 10.3 Å². The molecular formula is C11H8N6O3. The molecule has 0 atom stereocenters. The summed E-state index contributed by atoms with van der Waals surface area (Å²) in [5, 5.41) is 21.0. The normalized spacial score (nSPS) is 10.6. The summed E-state index contributed by atoms with van der Waals surface area (Å²) in [5.41, 5.74) is 6.27. The maximum Gasteiger partial charge on any atom is 0.280 e. The monoisotopic (exact) mass is 272 g/mol. The van der Waals surface area contributed by atoms with E-state index in [0.717, 1.165) is 0 Å². The maximum atomic E-state index is 11.0. The van der Waals surface area contributed by atoms with Gasteiger partial charge in [0.05, 0.1) is 11.1 Å². The molecule has 0 aliphatic heterocycles. The number of para-hydroxylation sites is 1. The fourth-order valence-corrected chi connectivity index (χ4v) is 1.73. The standard InChI is InChI=1S/C11H8N6O3/c12-9-7(5-13-15-9)11-14-10(16-20-11)6-3-1-2-4-8(6)17(18)19/h1-5H,(H3,12,13,15). The van der Waals surface area contributed by atoms with Crippen molar-refractivity contribution in [3.05, 3.63) is 40.6 Å². The first-order chi connectivity index (χ1) is 9.66. The van der Waals surface area contributed by atoms with Gasteiger partial charge < -0.3 is 10.3 Å². The highest BCUT2D eigenvalue weighted by Gasteiger charge is 2.20. The van der Waals surface area contributed by atoms with E-state index >= 15 is 0 Å². The highest BCUT2D eigenvalue weighted by atomic mass is 16.6. The zero-order chi connectivity index (χ0) is 14.1. The van der Waals surface area contributed by atoms with Crippen molar-refractivity contribution in [1.82, 2.24) is 20.3 Å². The Hall–Kier alpha value is -3.23. The number of nitrogen functional groups attached to an aromatic ring is 1. The molecule has 100 valence electrons. The molecule has 3 rings (SSSR count). The van der Waals surface area contributed by atoms with Gasteiger partial charge in [0, 0.05) is 6.07 Å². The average molecular weight is 272 g/mol. The Morgan fingerprint density at radius 1 is 1.30 bits per heavy atom. The molecule has 2 heterocycles. The van der Waals surface area contributed by atoms with Crippen LogP contribution in [0.1, 0.15) is 0 Å². The van der Waals surface area contributed by atoms with Crippen LogP contribution in [0.5, 0.6) is 0 Å². The van der Waals surface area contributed by atoms with Gasteiger partial charge in [-0.25, -0.2) is 0 Å². The lowest BCUT2D eigenvalue weighted by Crippen LogP contribution is -1.92. The molecule has 3 N–H and O–H groups in total. The summed E-state index contributed by atoms with van der Waals surface area (Å²) in [7, 11) is 0. The van der Waals surface area contributed by atoms with E-state index in [-0.39, 0.29) is 28.8 Å². The smallest absolute Gasteiger partial charge is 0.280 e. The van der Waals surface area contributed by atoms with Gasteiger partial charge in [-0.15, -0.1) is 0 Å². The van der Waals surface area contributed by atoms with Crippen LogP contribution >= 0.6 is 0 Å². The van der Waals surface area contributed by atoms with Gasteiger partial charge in [-0.1, -0.05) is 17.3 Å². The zero-order valence-electron chi connectivity index (χ0n) is 9.98. The SMILES string of the molecule is Nc1[nH]ncc1-c1nc(-c2ccccc2[N+](=O)[O-])no1. The number of hydrogen-bond donors (Lipinski definition) is 2. The molecule has 2 aromatic heterocycles. The first kappa shape index (κ1) is 11.8. The van der Waals surface area contributed by atoms with Gasteiger partial charge in [-0.3, -0.25) is 15.2 Å². The van der Waals surface area contributed by atoms with Crippen molar-refractivity contribution in [2.45, 2.75) is 0 Å². The molecule has 0 aliphatic rings. The van der Waals surface area contributed by atoms with Crippen molar-refractivity contribution < 1.29 is 9.45 Å². The van der Waals surface area contributed by atoms with E-state index in [1.807, 2.05) is 0 Å². The number of benzene rings is 1. The predicted octanol–water partition coefficient (Wildman–Crippen LogP) is 1.62. The van der Waals surface area contributed by atoms with E-state index in [0.29, 0.717) is 5.56 Å². The molecule has 0 saturated heterocycles. The third-order valence-electron chi connectivity index (χ3n) is 2.67. The summed E-state index contributed by atoms with van der Waals surface area (Å²) in [6.45, 7) is 0.